The van der Waals surface area contributed by atoms with Gasteiger partial charge < -0.3 is 19.5 Å². The summed E-state index contributed by atoms with van der Waals surface area (Å²) in [5, 5.41) is 18.8. The zero-order valence-electron chi connectivity index (χ0n) is 25.5. The van der Waals surface area contributed by atoms with Crippen molar-refractivity contribution in [3.63, 3.8) is 0 Å². The number of hydrogen-bond donors (Lipinski definition) is 1. The summed E-state index contributed by atoms with van der Waals surface area (Å²) in [5.74, 6) is -0.572. The zero-order valence-corrected chi connectivity index (χ0v) is 18.2. The minimum atomic E-state index is -3.24. The first-order chi connectivity index (χ1) is 19.5. The van der Waals surface area contributed by atoms with Crippen molar-refractivity contribution in [3.8, 4) is 17.1 Å². The minimum Gasteiger partial charge on any atom is -0.480 e. The van der Waals surface area contributed by atoms with Crippen molar-refractivity contribution >= 4 is 28.2 Å². The number of fused-ring (bicyclic) bond motifs is 1. The summed E-state index contributed by atoms with van der Waals surface area (Å²) in [6, 6.07) is 8.97. The van der Waals surface area contributed by atoms with Gasteiger partial charge in [-0.05, 0) is 36.4 Å². The van der Waals surface area contributed by atoms with E-state index in [4.69, 9.17) is 27.3 Å². The van der Waals surface area contributed by atoms with Crippen LogP contribution in [0.2, 0.25) is 5.02 Å². The molecule has 1 aliphatic rings. The van der Waals surface area contributed by atoms with Gasteiger partial charge in [0.05, 0.1) is 48.1 Å². The van der Waals surface area contributed by atoms with Crippen molar-refractivity contribution in [1.29, 1.82) is 0 Å². The molecule has 0 saturated carbocycles. The molecule has 1 saturated heterocycles. The van der Waals surface area contributed by atoms with Crippen LogP contribution in [0.15, 0.2) is 48.8 Å². The summed E-state index contributed by atoms with van der Waals surface area (Å²) < 4.78 is 89.7. The van der Waals surface area contributed by atoms with Crippen molar-refractivity contribution in [1.82, 2.24) is 20.2 Å². The number of rotatable bonds is 5. The molecule has 0 aliphatic carbocycles. The van der Waals surface area contributed by atoms with Crippen LogP contribution in [0.4, 0.5) is 10.1 Å². The number of anilines is 1. The Morgan fingerprint density at radius 2 is 1.97 bits per heavy atom. The summed E-state index contributed by atoms with van der Waals surface area (Å²) in [6.07, 6.45) is -0.312. The van der Waals surface area contributed by atoms with E-state index in [2.05, 4.69) is 24.9 Å². The highest BCUT2D eigenvalue weighted by molar-refractivity contribution is 6.31. The minimum absolute atomic E-state index is 0.0497. The molecule has 34 heavy (non-hydrogen) atoms. The molecule has 10 heteroatoms. The predicted molar refractivity (Wildman–Crippen MR) is 126 cm³/mol. The van der Waals surface area contributed by atoms with E-state index < -0.39 is 38.0 Å². The standard InChI is InChI=1S/C24H21ClFN5O3/c1-33-22-5-4-20(29-30-22)24(32)16-11-17(19(26)12-18(16)25)23-15-3-2-14(10-21(15)27-13-28-23)31-6-8-34-9-7-31/h2-5,10-13,24,32H,6-9H2,1H3/i6D2,7D2,8D2,9D2. The Kier molecular flexibility index (Phi) is 4.11. The molecule has 8 nitrogen and oxygen atoms in total. The molecule has 1 N–H and O–H groups in total. The highest BCUT2D eigenvalue weighted by atomic mass is 35.5. The van der Waals surface area contributed by atoms with Crippen molar-refractivity contribution < 1.29 is 29.9 Å². The van der Waals surface area contributed by atoms with Crippen LogP contribution >= 0.6 is 11.6 Å². The van der Waals surface area contributed by atoms with Gasteiger partial charge in [-0.15, -0.1) is 10.2 Å². The van der Waals surface area contributed by atoms with E-state index in [0.29, 0.717) is 4.90 Å². The van der Waals surface area contributed by atoms with E-state index in [1.807, 2.05) is 0 Å². The van der Waals surface area contributed by atoms with Crippen molar-refractivity contribution in [2.24, 2.45) is 0 Å². The SMILES string of the molecule is [2H]C1([2H])OC([2H])([2H])C([2H])([2H])N(c2ccc3c(-c4cc(C(O)c5ccc(OC)nn5)c(Cl)cc4F)ncnc3c2)C1([2H])[2H]. The van der Waals surface area contributed by atoms with Crippen LogP contribution in [0.5, 0.6) is 5.88 Å². The topological polar surface area (TPSA) is 93.5 Å². The second kappa shape index (κ2) is 9.46. The first kappa shape index (κ1) is 14.8. The van der Waals surface area contributed by atoms with Crippen LogP contribution in [-0.2, 0) is 4.74 Å². The van der Waals surface area contributed by atoms with Crippen molar-refractivity contribution in [3.05, 3.63) is 70.9 Å². The molecule has 2 aromatic carbocycles. The third-order valence-electron chi connectivity index (χ3n) is 5.08. The summed E-state index contributed by atoms with van der Waals surface area (Å²) in [5.41, 5.74) is -0.0112. The fraction of sp³-hybridized carbons (Fsp3) is 0.250. The Hall–Kier alpha value is -3.40. The fourth-order valence-corrected chi connectivity index (χ4v) is 3.67. The number of morpholine rings is 1. The highest BCUT2D eigenvalue weighted by Gasteiger charge is 2.22. The average molecular weight is 490 g/mol. The Morgan fingerprint density at radius 1 is 1.15 bits per heavy atom. The van der Waals surface area contributed by atoms with Crippen LogP contribution in [0.1, 0.15) is 28.3 Å². The van der Waals surface area contributed by atoms with Crippen LogP contribution in [-0.4, -0.2) is 58.5 Å². The largest absolute Gasteiger partial charge is 0.480 e. The normalized spacial score (nSPS) is 24.3. The van der Waals surface area contributed by atoms with Crippen molar-refractivity contribution in [2.45, 2.75) is 6.10 Å². The van der Waals surface area contributed by atoms with Gasteiger partial charge in [-0.25, -0.2) is 14.4 Å². The van der Waals surface area contributed by atoms with Gasteiger partial charge in [0.1, 0.15) is 18.2 Å². The smallest absolute Gasteiger partial charge is 0.233 e. The van der Waals surface area contributed by atoms with Crippen LogP contribution < -0.4 is 9.64 Å². The number of benzene rings is 2. The number of aromatic nitrogens is 4. The van der Waals surface area contributed by atoms with Gasteiger partial charge in [-0.2, -0.15) is 0 Å². The average Bonchev–Trinajstić information content (AvgIpc) is 2.91. The number of methoxy groups -OCH3 is 1. The maximum Gasteiger partial charge on any atom is 0.233 e. The Morgan fingerprint density at radius 3 is 2.71 bits per heavy atom. The van der Waals surface area contributed by atoms with Gasteiger partial charge in [0, 0.05) is 46.3 Å². The molecule has 3 heterocycles. The molecular weight excluding hydrogens is 461 g/mol. The number of hydrogen-bond acceptors (Lipinski definition) is 8. The van der Waals surface area contributed by atoms with E-state index in [-0.39, 0.29) is 50.0 Å². The van der Waals surface area contributed by atoms with Gasteiger partial charge >= 0.3 is 0 Å². The Balaban J connectivity index is 1.62. The lowest BCUT2D eigenvalue weighted by molar-refractivity contribution is 0.122. The Labute approximate surface area is 211 Å². The van der Waals surface area contributed by atoms with E-state index in [1.165, 1.54) is 43.5 Å². The molecule has 1 unspecified atom stereocenters. The van der Waals surface area contributed by atoms with E-state index >= 15 is 4.39 Å². The number of nitrogens with zero attached hydrogens (tertiary/aromatic N) is 5. The lowest BCUT2D eigenvalue weighted by Gasteiger charge is -2.29. The van der Waals surface area contributed by atoms with E-state index in [0.717, 1.165) is 12.4 Å². The summed E-state index contributed by atoms with van der Waals surface area (Å²) in [6.45, 7) is -12.8. The predicted octanol–water partition coefficient (Wildman–Crippen LogP) is 3.81. The second-order valence-electron chi connectivity index (χ2n) is 7.05. The van der Waals surface area contributed by atoms with Gasteiger partial charge in [0.2, 0.25) is 5.88 Å². The second-order valence-corrected chi connectivity index (χ2v) is 7.45. The third kappa shape index (κ3) is 4.25. The lowest BCUT2D eigenvalue weighted by Crippen LogP contribution is -2.36. The highest BCUT2D eigenvalue weighted by Crippen LogP contribution is 2.36. The van der Waals surface area contributed by atoms with Gasteiger partial charge in [-0.3, -0.25) is 0 Å². The molecule has 1 aliphatic heterocycles. The fourth-order valence-electron chi connectivity index (χ4n) is 3.42. The number of aliphatic hydroxyl groups is 1. The van der Waals surface area contributed by atoms with E-state index in [1.54, 1.807) is 0 Å². The molecule has 2 aromatic heterocycles. The maximum absolute atomic E-state index is 15.3. The molecule has 1 atom stereocenters. The van der Waals surface area contributed by atoms with Gasteiger partial charge in [-0.1, -0.05) is 11.6 Å². The lowest BCUT2D eigenvalue weighted by atomic mass is 9.99. The first-order valence-corrected chi connectivity index (χ1v) is 10.2. The van der Waals surface area contributed by atoms with Gasteiger partial charge in [0.15, 0.2) is 0 Å². The molecule has 0 radical (unpaired) electrons. The molecule has 4 aromatic rings. The zero-order chi connectivity index (χ0) is 30.8. The number of aliphatic hydroxyl groups excluding tert-OH is 1. The van der Waals surface area contributed by atoms with E-state index in [9.17, 15) is 5.11 Å². The molecule has 1 fully saturated rings. The van der Waals surface area contributed by atoms with Crippen LogP contribution in [0.3, 0.4) is 0 Å². The Bertz CT molecular complexity index is 1660. The van der Waals surface area contributed by atoms with Gasteiger partial charge in [0.25, 0.3) is 0 Å². The third-order valence-corrected chi connectivity index (χ3v) is 5.41. The quantitative estimate of drug-likeness (QED) is 0.452. The molecule has 0 bridgehead atoms. The summed E-state index contributed by atoms with van der Waals surface area (Å²) in [7, 11) is 1.40. The maximum atomic E-state index is 15.3. The monoisotopic (exact) mass is 489 g/mol. The first-order valence-electron chi connectivity index (χ1n) is 13.8. The number of halogens is 2. The van der Waals surface area contributed by atoms with Crippen LogP contribution in [0, 0.1) is 5.82 Å². The molecule has 174 valence electrons. The molecular formula is C24H21ClFN5O3. The summed E-state index contributed by atoms with van der Waals surface area (Å²) >= 11 is 6.26. The van der Waals surface area contributed by atoms with Crippen LogP contribution in [0.25, 0.3) is 22.2 Å². The molecule has 5 rings (SSSR count). The number of ether oxygens (including phenoxy) is 2. The summed E-state index contributed by atoms with van der Waals surface area (Å²) in [4.78, 5) is 8.63. The molecule has 0 spiro atoms. The van der Waals surface area contributed by atoms with Crippen molar-refractivity contribution in [2.75, 3.05) is 38.1 Å². The molecule has 0 amide bonds.